The van der Waals surface area contributed by atoms with E-state index in [0.717, 1.165) is 22.3 Å². The summed E-state index contributed by atoms with van der Waals surface area (Å²) in [5, 5.41) is 4.16. The highest BCUT2D eigenvalue weighted by Crippen LogP contribution is 2.22. The zero-order valence-electron chi connectivity index (χ0n) is 8.35. The van der Waals surface area contributed by atoms with Gasteiger partial charge < -0.3 is 4.74 Å². The summed E-state index contributed by atoms with van der Waals surface area (Å²) in [5.74, 6) is 0.861. The van der Waals surface area contributed by atoms with Gasteiger partial charge in [-0.25, -0.2) is 0 Å². The first-order chi connectivity index (χ1) is 7.29. The fraction of sp³-hybridized carbons (Fsp3) is 0.182. The van der Waals surface area contributed by atoms with Crippen molar-refractivity contribution in [1.82, 2.24) is 9.78 Å². The standard InChI is InChI=1S/C11H11BrN2O/c1-15-10-3-4-11(12)9(7-10)8-14-6-2-5-13-14/h2-7H,8H2,1H3. The van der Waals surface area contributed by atoms with Crippen LogP contribution in [0.2, 0.25) is 0 Å². The Bertz CT molecular complexity index is 440. The smallest absolute Gasteiger partial charge is 0.119 e. The van der Waals surface area contributed by atoms with Crippen LogP contribution < -0.4 is 4.74 Å². The van der Waals surface area contributed by atoms with Crippen LogP contribution in [-0.4, -0.2) is 16.9 Å². The Morgan fingerprint density at radius 1 is 1.47 bits per heavy atom. The van der Waals surface area contributed by atoms with Crippen LogP contribution >= 0.6 is 15.9 Å². The monoisotopic (exact) mass is 266 g/mol. The molecule has 0 atom stereocenters. The van der Waals surface area contributed by atoms with Gasteiger partial charge in [0.15, 0.2) is 0 Å². The Hall–Kier alpha value is -1.29. The van der Waals surface area contributed by atoms with Gasteiger partial charge >= 0.3 is 0 Å². The van der Waals surface area contributed by atoms with Gasteiger partial charge in [0, 0.05) is 16.9 Å². The number of nitrogens with zero attached hydrogens (tertiary/aromatic N) is 2. The number of rotatable bonds is 3. The molecule has 3 nitrogen and oxygen atoms in total. The van der Waals surface area contributed by atoms with Crippen molar-refractivity contribution in [3.05, 3.63) is 46.7 Å². The molecule has 1 heterocycles. The molecule has 2 aromatic rings. The molecule has 0 aliphatic carbocycles. The Morgan fingerprint density at radius 3 is 3.00 bits per heavy atom. The summed E-state index contributed by atoms with van der Waals surface area (Å²) >= 11 is 3.51. The van der Waals surface area contributed by atoms with Crippen LogP contribution in [0.1, 0.15) is 5.56 Å². The van der Waals surface area contributed by atoms with Gasteiger partial charge in [0.2, 0.25) is 0 Å². The average Bonchev–Trinajstić information content (AvgIpc) is 2.74. The molecule has 1 aromatic heterocycles. The van der Waals surface area contributed by atoms with Crippen LogP contribution in [0.5, 0.6) is 5.75 Å². The zero-order valence-corrected chi connectivity index (χ0v) is 9.94. The number of methoxy groups -OCH3 is 1. The summed E-state index contributed by atoms with van der Waals surface area (Å²) < 4.78 is 8.12. The van der Waals surface area contributed by atoms with E-state index >= 15 is 0 Å². The molecule has 0 bridgehead atoms. The Kier molecular flexibility index (Phi) is 3.06. The Labute approximate surface area is 96.8 Å². The van der Waals surface area contributed by atoms with E-state index < -0.39 is 0 Å². The second kappa shape index (κ2) is 4.49. The lowest BCUT2D eigenvalue weighted by Gasteiger charge is -2.07. The molecule has 15 heavy (non-hydrogen) atoms. The van der Waals surface area contributed by atoms with E-state index in [0.29, 0.717) is 0 Å². The van der Waals surface area contributed by atoms with Crippen molar-refractivity contribution in [2.45, 2.75) is 6.54 Å². The highest BCUT2D eigenvalue weighted by atomic mass is 79.9. The maximum Gasteiger partial charge on any atom is 0.119 e. The summed E-state index contributed by atoms with van der Waals surface area (Å²) in [6.07, 6.45) is 3.71. The molecule has 0 saturated heterocycles. The van der Waals surface area contributed by atoms with Gasteiger partial charge in [-0.15, -0.1) is 0 Å². The predicted octanol–water partition coefficient (Wildman–Crippen LogP) is 2.70. The Balaban J connectivity index is 2.27. The van der Waals surface area contributed by atoms with E-state index in [1.165, 1.54) is 0 Å². The number of halogens is 1. The van der Waals surface area contributed by atoms with Crippen LogP contribution in [0.25, 0.3) is 0 Å². The minimum Gasteiger partial charge on any atom is -0.497 e. The largest absolute Gasteiger partial charge is 0.497 e. The molecule has 0 spiro atoms. The molecule has 0 amide bonds. The van der Waals surface area contributed by atoms with E-state index in [9.17, 15) is 0 Å². The third kappa shape index (κ3) is 2.39. The first kappa shape index (κ1) is 10.2. The fourth-order valence-electron chi connectivity index (χ4n) is 1.37. The van der Waals surface area contributed by atoms with Crippen LogP contribution in [0, 0.1) is 0 Å². The molecule has 2 rings (SSSR count). The number of ether oxygens (including phenoxy) is 1. The topological polar surface area (TPSA) is 27.1 Å². The summed E-state index contributed by atoms with van der Waals surface area (Å²) in [6, 6.07) is 7.83. The molecule has 0 unspecified atom stereocenters. The van der Waals surface area contributed by atoms with Crippen molar-refractivity contribution < 1.29 is 4.74 Å². The van der Waals surface area contributed by atoms with Crippen molar-refractivity contribution >= 4 is 15.9 Å². The molecular formula is C11H11BrN2O. The normalized spacial score (nSPS) is 10.3. The highest BCUT2D eigenvalue weighted by Gasteiger charge is 2.02. The van der Waals surface area contributed by atoms with Crippen molar-refractivity contribution in [3.8, 4) is 5.75 Å². The van der Waals surface area contributed by atoms with Gasteiger partial charge in [-0.05, 0) is 29.8 Å². The van der Waals surface area contributed by atoms with Gasteiger partial charge in [-0.1, -0.05) is 15.9 Å². The third-order valence-corrected chi connectivity index (χ3v) is 2.92. The van der Waals surface area contributed by atoms with Gasteiger partial charge in [-0.2, -0.15) is 5.10 Å². The molecule has 0 aliphatic heterocycles. The predicted molar refractivity (Wildman–Crippen MR) is 62.0 cm³/mol. The maximum atomic E-state index is 5.18. The summed E-state index contributed by atoms with van der Waals surface area (Å²) in [7, 11) is 1.67. The van der Waals surface area contributed by atoms with Crippen molar-refractivity contribution in [2.24, 2.45) is 0 Å². The second-order valence-electron chi connectivity index (χ2n) is 3.16. The van der Waals surface area contributed by atoms with Gasteiger partial charge in [-0.3, -0.25) is 4.68 Å². The van der Waals surface area contributed by atoms with Crippen LogP contribution in [-0.2, 0) is 6.54 Å². The lowest BCUT2D eigenvalue weighted by molar-refractivity contribution is 0.414. The SMILES string of the molecule is COc1ccc(Br)c(Cn2cccn2)c1. The zero-order chi connectivity index (χ0) is 10.7. The summed E-state index contributed by atoms with van der Waals surface area (Å²) in [5.41, 5.74) is 1.15. The van der Waals surface area contributed by atoms with Crippen LogP contribution in [0.4, 0.5) is 0 Å². The number of benzene rings is 1. The maximum absolute atomic E-state index is 5.18. The lowest BCUT2D eigenvalue weighted by Crippen LogP contribution is -2.00. The third-order valence-electron chi connectivity index (χ3n) is 2.14. The molecule has 0 fully saturated rings. The molecule has 1 aromatic carbocycles. The minimum atomic E-state index is 0.741. The van der Waals surface area contributed by atoms with Crippen molar-refractivity contribution in [1.29, 1.82) is 0 Å². The summed E-state index contributed by atoms with van der Waals surface area (Å²) in [4.78, 5) is 0. The molecular weight excluding hydrogens is 256 g/mol. The van der Waals surface area contributed by atoms with Gasteiger partial charge in [0.1, 0.15) is 5.75 Å². The molecule has 4 heteroatoms. The Morgan fingerprint density at radius 2 is 2.33 bits per heavy atom. The van der Waals surface area contributed by atoms with Crippen LogP contribution in [0.3, 0.4) is 0 Å². The number of aromatic nitrogens is 2. The van der Waals surface area contributed by atoms with Crippen molar-refractivity contribution in [2.75, 3.05) is 7.11 Å². The first-order valence-corrected chi connectivity index (χ1v) is 5.39. The second-order valence-corrected chi connectivity index (χ2v) is 4.02. The molecule has 0 N–H and O–H groups in total. The first-order valence-electron chi connectivity index (χ1n) is 4.59. The number of hydrogen-bond donors (Lipinski definition) is 0. The average molecular weight is 267 g/mol. The lowest BCUT2D eigenvalue weighted by atomic mass is 10.2. The van der Waals surface area contributed by atoms with E-state index in [-0.39, 0.29) is 0 Å². The fourth-order valence-corrected chi connectivity index (χ4v) is 1.74. The van der Waals surface area contributed by atoms with E-state index in [1.807, 2.05) is 35.1 Å². The van der Waals surface area contributed by atoms with Gasteiger partial charge in [0.25, 0.3) is 0 Å². The molecule has 0 saturated carbocycles. The van der Waals surface area contributed by atoms with E-state index in [2.05, 4.69) is 21.0 Å². The van der Waals surface area contributed by atoms with E-state index in [1.54, 1.807) is 13.3 Å². The highest BCUT2D eigenvalue weighted by molar-refractivity contribution is 9.10. The van der Waals surface area contributed by atoms with Crippen LogP contribution in [0.15, 0.2) is 41.1 Å². The number of hydrogen-bond acceptors (Lipinski definition) is 2. The molecule has 78 valence electrons. The molecule has 0 aliphatic rings. The van der Waals surface area contributed by atoms with E-state index in [4.69, 9.17) is 4.74 Å². The van der Waals surface area contributed by atoms with Crippen molar-refractivity contribution in [3.63, 3.8) is 0 Å². The van der Waals surface area contributed by atoms with Gasteiger partial charge in [0.05, 0.1) is 13.7 Å². The summed E-state index contributed by atoms with van der Waals surface area (Å²) in [6.45, 7) is 0.741. The minimum absolute atomic E-state index is 0.741. The quantitative estimate of drug-likeness (QED) is 0.854. The molecule has 0 radical (unpaired) electrons.